The van der Waals surface area contributed by atoms with E-state index < -0.39 is 12.0 Å². The van der Waals surface area contributed by atoms with Gasteiger partial charge in [0, 0.05) is 44.6 Å². The van der Waals surface area contributed by atoms with Crippen molar-refractivity contribution in [1.82, 2.24) is 20.7 Å². The Labute approximate surface area is 204 Å². The highest BCUT2D eigenvalue weighted by Crippen LogP contribution is 2.40. The number of likely N-dealkylation sites (tertiary alicyclic amines) is 1. The number of hydrazine groups is 1. The smallest absolute Gasteiger partial charge is 0.419 e. The van der Waals surface area contributed by atoms with Crippen molar-refractivity contribution < 1.29 is 23.9 Å². The minimum Gasteiger partial charge on any atom is -0.464 e. The number of carboxylic acid groups (broad SMARTS) is 1. The zero-order valence-corrected chi connectivity index (χ0v) is 20.0. The van der Waals surface area contributed by atoms with Gasteiger partial charge in [0.2, 0.25) is 11.8 Å². The number of rotatable bonds is 5. The van der Waals surface area contributed by atoms with E-state index in [4.69, 9.17) is 5.11 Å². The first-order valence-electron chi connectivity index (χ1n) is 12.7. The molecule has 4 heterocycles. The van der Waals surface area contributed by atoms with Gasteiger partial charge < -0.3 is 14.9 Å². The minimum atomic E-state index is -0.992. The number of carbonyl (C=O) groups excluding carboxylic acids is 2. The van der Waals surface area contributed by atoms with Gasteiger partial charge in [0.25, 0.3) is 0 Å². The quantitative estimate of drug-likeness (QED) is 0.547. The molecular formula is C25H34FN5O4. The number of nitrogens with zero attached hydrogens (tertiary/aromatic N) is 3. The van der Waals surface area contributed by atoms with E-state index in [0.29, 0.717) is 23.6 Å². The molecule has 35 heavy (non-hydrogen) atoms. The number of piperidine rings is 3. The molecule has 1 spiro atoms. The molecule has 1 unspecified atom stereocenters. The van der Waals surface area contributed by atoms with Crippen LogP contribution in [-0.4, -0.2) is 78.7 Å². The van der Waals surface area contributed by atoms with Crippen molar-refractivity contribution in [3.8, 4) is 0 Å². The maximum atomic E-state index is 15.0. The SMILES string of the molecule is O=C(O)NN1CC2(CCN(CC3CCN(c4ccc(C5CCC(=O)NC5=O)cc4F)CC3)CC2)C1. The number of nitrogens with one attached hydrogen (secondary N) is 2. The van der Waals surface area contributed by atoms with E-state index in [9.17, 15) is 18.8 Å². The van der Waals surface area contributed by atoms with Crippen molar-refractivity contribution in [2.24, 2.45) is 11.3 Å². The third kappa shape index (κ3) is 5.28. The van der Waals surface area contributed by atoms with Crippen molar-refractivity contribution in [3.63, 3.8) is 0 Å². The van der Waals surface area contributed by atoms with Gasteiger partial charge in [0.15, 0.2) is 0 Å². The second-order valence-corrected chi connectivity index (χ2v) is 10.7. The molecule has 5 rings (SSSR count). The number of imide groups is 1. The fraction of sp³-hybridized carbons (Fsp3) is 0.640. The molecule has 4 aliphatic heterocycles. The van der Waals surface area contributed by atoms with Crippen LogP contribution in [0.15, 0.2) is 18.2 Å². The summed E-state index contributed by atoms with van der Waals surface area (Å²) in [5, 5.41) is 13.0. The molecule has 0 radical (unpaired) electrons. The molecule has 3 amide bonds. The summed E-state index contributed by atoms with van der Waals surface area (Å²) in [6.45, 7) is 6.41. The third-order valence-electron chi connectivity index (χ3n) is 8.31. The standard InChI is InChI=1S/C25H34FN5O4/c26-20-13-18(19-2-4-22(32)27-23(19)33)1-3-21(20)30-9-5-17(6-10-30)14-29-11-7-25(8-12-29)15-31(16-25)28-24(34)35/h1,3,13,17,19,28H,2,4-12,14-16H2,(H,34,35)(H,27,32,33). The highest BCUT2D eigenvalue weighted by molar-refractivity contribution is 6.00. The van der Waals surface area contributed by atoms with Crippen LogP contribution in [0.25, 0.3) is 0 Å². The minimum absolute atomic E-state index is 0.264. The van der Waals surface area contributed by atoms with Gasteiger partial charge in [-0.15, -0.1) is 0 Å². The number of anilines is 1. The summed E-state index contributed by atoms with van der Waals surface area (Å²) in [5.41, 5.74) is 3.93. The molecule has 4 aliphatic rings. The number of carbonyl (C=O) groups is 3. The molecule has 1 atom stereocenters. The van der Waals surface area contributed by atoms with Gasteiger partial charge in [0.1, 0.15) is 5.82 Å². The predicted molar refractivity (Wildman–Crippen MR) is 127 cm³/mol. The fourth-order valence-corrected chi connectivity index (χ4v) is 6.23. The Balaban J connectivity index is 1.08. The average molecular weight is 488 g/mol. The summed E-state index contributed by atoms with van der Waals surface area (Å²) in [4.78, 5) is 38.9. The first kappa shape index (κ1) is 24.0. The van der Waals surface area contributed by atoms with Crippen LogP contribution in [0.1, 0.15) is 50.0 Å². The Morgan fingerprint density at radius 1 is 1.11 bits per heavy atom. The first-order valence-corrected chi connectivity index (χ1v) is 12.7. The maximum Gasteiger partial charge on any atom is 0.419 e. The zero-order valence-electron chi connectivity index (χ0n) is 20.0. The van der Waals surface area contributed by atoms with Gasteiger partial charge in [-0.3, -0.25) is 20.3 Å². The van der Waals surface area contributed by atoms with Crippen LogP contribution in [0.2, 0.25) is 0 Å². The lowest BCUT2D eigenvalue weighted by Crippen LogP contribution is -2.65. The van der Waals surface area contributed by atoms with Crippen LogP contribution in [0.4, 0.5) is 14.9 Å². The summed E-state index contributed by atoms with van der Waals surface area (Å²) in [6, 6.07) is 5.06. The molecule has 190 valence electrons. The Morgan fingerprint density at radius 2 is 1.83 bits per heavy atom. The average Bonchev–Trinajstić information content (AvgIpc) is 2.80. The third-order valence-corrected chi connectivity index (χ3v) is 8.31. The normalized spacial score (nSPS) is 25.9. The number of hydrogen-bond donors (Lipinski definition) is 3. The topological polar surface area (TPSA) is 105 Å². The fourth-order valence-electron chi connectivity index (χ4n) is 6.23. The van der Waals surface area contributed by atoms with Crippen LogP contribution >= 0.6 is 0 Å². The Kier molecular flexibility index (Phi) is 6.67. The molecule has 9 nitrogen and oxygen atoms in total. The Bertz CT molecular complexity index is 980. The predicted octanol–water partition coefficient (Wildman–Crippen LogP) is 2.14. The van der Waals surface area contributed by atoms with E-state index in [-0.39, 0.29) is 29.5 Å². The van der Waals surface area contributed by atoms with Crippen molar-refractivity contribution in [2.75, 3.05) is 50.7 Å². The van der Waals surface area contributed by atoms with Crippen LogP contribution in [-0.2, 0) is 9.59 Å². The van der Waals surface area contributed by atoms with Crippen molar-refractivity contribution >= 4 is 23.6 Å². The lowest BCUT2D eigenvalue weighted by Gasteiger charge is -2.53. The monoisotopic (exact) mass is 487 g/mol. The molecule has 0 bridgehead atoms. The van der Waals surface area contributed by atoms with Crippen LogP contribution in [0.3, 0.4) is 0 Å². The van der Waals surface area contributed by atoms with E-state index in [0.717, 1.165) is 71.5 Å². The number of halogens is 1. The van der Waals surface area contributed by atoms with E-state index in [1.165, 1.54) is 6.07 Å². The van der Waals surface area contributed by atoms with Crippen LogP contribution in [0.5, 0.6) is 0 Å². The molecule has 0 aromatic heterocycles. The summed E-state index contributed by atoms with van der Waals surface area (Å²) in [7, 11) is 0. The second kappa shape index (κ2) is 9.73. The van der Waals surface area contributed by atoms with E-state index in [2.05, 4.69) is 20.5 Å². The largest absolute Gasteiger partial charge is 0.464 e. The van der Waals surface area contributed by atoms with Gasteiger partial charge in [-0.05, 0) is 68.8 Å². The van der Waals surface area contributed by atoms with E-state index >= 15 is 0 Å². The molecule has 0 aliphatic carbocycles. The molecular weight excluding hydrogens is 453 g/mol. The van der Waals surface area contributed by atoms with Crippen LogP contribution < -0.4 is 15.6 Å². The van der Waals surface area contributed by atoms with Crippen molar-refractivity contribution in [3.05, 3.63) is 29.6 Å². The number of benzene rings is 1. The lowest BCUT2D eigenvalue weighted by atomic mass is 9.72. The summed E-state index contributed by atoms with van der Waals surface area (Å²) < 4.78 is 15.0. The molecule has 1 aromatic rings. The summed E-state index contributed by atoms with van der Waals surface area (Å²) in [5.74, 6) is -0.791. The van der Waals surface area contributed by atoms with Gasteiger partial charge >= 0.3 is 6.09 Å². The highest BCUT2D eigenvalue weighted by Gasteiger charge is 2.45. The van der Waals surface area contributed by atoms with Gasteiger partial charge in [-0.2, -0.15) is 0 Å². The lowest BCUT2D eigenvalue weighted by molar-refractivity contribution is -0.134. The van der Waals surface area contributed by atoms with Gasteiger partial charge in [0.05, 0.1) is 11.6 Å². The summed E-state index contributed by atoms with van der Waals surface area (Å²) in [6.07, 6.45) is 3.96. The Hall–Kier alpha value is -2.72. The molecule has 3 N–H and O–H groups in total. The maximum absolute atomic E-state index is 15.0. The number of hydrogen-bond acceptors (Lipinski definition) is 6. The molecule has 0 saturated carbocycles. The first-order chi connectivity index (χ1) is 16.8. The van der Waals surface area contributed by atoms with Crippen LogP contribution in [0, 0.1) is 17.2 Å². The van der Waals surface area contributed by atoms with Crippen molar-refractivity contribution in [2.45, 2.75) is 44.4 Å². The molecule has 4 saturated heterocycles. The second-order valence-electron chi connectivity index (χ2n) is 10.7. The van der Waals surface area contributed by atoms with Gasteiger partial charge in [-0.25, -0.2) is 14.2 Å². The number of amides is 3. The molecule has 1 aromatic carbocycles. The Morgan fingerprint density at radius 3 is 2.46 bits per heavy atom. The molecule has 10 heteroatoms. The van der Waals surface area contributed by atoms with Gasteiger partial charge in [-0.1, -0.05) is 6.07 Å². The summed E-state index contributed by atoms with van der Waals surface area (Å²) >= 11 is 0. The highest BCUT2D eigenvalue weighted by atomic mass is 19.1. The molecule has 4 fully saturated rings. The zero-order chi connectivity index (χ0) is 24.6. The van der Waals surface area contributed by atoms with E-state index in [1.54, 1.807) is 11.1 Å². The van der Waals surface area contributed by atoms with E-state index in [1.807, 2.05) is 6.07 Å². The van der Waals surface area contributed by atoms with Crippen molar-refractivity contribution in [1.29, 1.82) is 0 Å².